The number of halogens is 1. The predicted molar refractivity (Wildman–Crippen MR) is 86.9 cm³/mol. The fraction of sp³-hybridized carbons (Fsp3) is 0.533. The highest BCUT2D eigenvalue weighted by Gasteiger charge is 2.19. The molecule has 6 nitrogen and oxygen atoms in total. The number of carbonyl (C=O) groups excluding carboxylic acids is 2. The van der Waals surface area contributed by atoms with Gasteiger partial charge in [0.2, 0.25) is 0 Å². The third kappa shape index (κ3) is 5.63. The zero-order valence-corrected chi connectivity index (χ0v) is 15.0. The molecule has 1 amide bonds. The van der Waals surface area contributed by atoms with E-state index in [2.05, 4.69) is 31.0 Å². The molecule has 1 aromatic heterocycles. The van der Waals surface area contributed by atoms with Gasteiger partial charge >= 0.3 is 12.1 Å². The molecular weight excluding hydrogens is 352 g/mol. The lowest BCUT2D eigenvalue weighted by molar-refractivity contribution is -0.140. The van der Waals surface area contributed by atoms with Crippen LogP contribution in [0.3, 0.4) is 0 Å². The molecule has 1 heterocycles. The third-order valence-corrected chi connectivity index (χ3v) is 3.57. The summed E-state index contributed by atoms with van der Waals surface area (Å²) in [6, 6.07) is 0. The van der Waals surface area contributed by atoms with E-state index in [9.17, 15) is 9.59 Å². The average molecular weight is 373 g/mol. The van der Waals surface area contributed by atoms with Gasteiger partial charge in [0, 0.05) is 17.1 Å². The fourth-order valence-corrected chi connectivity index (χ4v) is 2.02. The molecule has 7 heteroatoms. The Morgan fingerprint density at radius 2 is 2.00 bits per heavy atom. The van der Waals surface area contributed by atoms with Crippen molar-refractivity contribution in [2.75, 3.05) is 12.4 Å². The molecule has 0 aliphatic heterocycles. The number of rotatable bonds is 4. The molecule has 0 bridgehead atoms. The van der Waals surface area contributed by atoms with Crippen molar-refractivity contribution in [1.29, 1.82) is 0 Å². The Labute approximate surface area is 138 Å². The molecule has 1 N–H and O–H groups in total. The first kappa shape index (κ1) is 18.4. The van der Waals surface area contributed by atoms with Crippen molar-refractivity contribution in [3.05, 3.63) is 21.9 Å². The second kappa shape index (κ2) is 7.58. The van der Waals surface area contributed by atoms with Crippen LogP contribution in [0, 0.1) is 6.92 Å². The summed E-state index contributed by atoms with van der Waals surface area (Å²) in [5.41, 5.74) is 1.38. The van der Waals surface area contributed by atoms with Crippen molar-refractivity contribution in [3.63, 3.8) is 0 Å². The van der Waals surface area contributed by atoms with Crippen LogP contribution in [0.5, 0.6) is 0 Å². The van der Waals surface area contributed by atoms with Crippen molar-refractivity contribution in [2.24, 2.45) is 0 Å². The van der Waals surface area contributed by atoms with Gasteiger partial charge in [-0.3, -0.25) is 15.1 Å². The molecule has 1 rings (SSSR count). The largest absolute Gasteiger partial charge is 0.469 e. The number of nitrogens with zero attached hydrogens (tertiary/aromatic N) is 1. The van der Waals surface area contributed by atoms with E-state index < -0.39 is 11.7 Å². The molecule has 0 aromatic carbocycles. The summed E-state index contributed by atoms with van der Waals surface area (Å²) >= 11 is 3.38. The van der Waals surface area contributed by atoms with Crippen molar-refractivity contribution in [1.82, 2.24) is 4.98 Å². The van der Waals surface area contributed by atoms with Crippen LogP contribution in [0.1, 0.15) is 38.4 Å². The molecule has 0 aliphatic carbocycles. The molecule has 22 heavy (non-hydrogen) atoms. The van der Waals surface area contributed by atoms with Crippen LogP contribution in [0.25, 0.3) is 0 Å². The topological polar surface area (TPSA) is 77.5 Å². The number of esters is 1. The zero-order valence-electron chi connectivity index (χ0n) is 13.4. The number of methoxy groups -OCH3 is 1. The van der Waals surface area contributed by atoms with Crippen molar-refractivity contribution < 1.29 is 19.1 Å². The number of hydrogen-bond acceptors (Lipinski definition) is 5. The van der Waals surface area contributed by atoms with E-state index in [0.29, 0.717) is 17.8 Å². The van der Waals surface area contributed by atoms with Crippen molar-refractivity contribution in [3.8, 4) is 0 Å². The Balaban J connectivity index is 2.97. The lowest BCUT2D eigenvalue weighted by Gasteiger charge is -2.21. The van der Waals surface area contributed by atoms with Crippen LogP contribution in [0.15, 0.2) is 10.7 Å². The minimum Gasteiger partial charge on any atom is -0.469 e. The Morgan fingerprint density at radius 3 is 2.55 bits per heavy atom. The van der Waals surface area contributed by atoms with E-state index in [4.69, 9.17) is 4.74 Å². The maximum atomic E-state index is 12.0. The number of aryl methyl sites for hydroxylation is 1. The summed E-state index contributed by atoms with van der Waals surface area (Å²) in [7, 11) is 1.34. The number of anilines is 1. The maximum Gasteiger partial charge on any atom is 0.412 e. The molecule has 0 unspecified atom stereocenters. The van der Waals surface area contributed by atoms with Gasteiger partial charge in [0.25, 0.3) is 0 Å². The van der Waals surface area contributed by atoms with Crippen LogP contribution in [0.2, 0.25) is 0 Å². The molecule has 0 saturated heterocycles. The monoisotopic (exact) mass is 372 g/mol. The van der Waals surface area contributed by atoms with Gasteiger partial charge in [-0.1, -0.05) is 0 Å². The van der Waals surface area contributed by atoms with Gasteiger partial charge in [-0.05, 0) is 49.2 Å². The van der Waals surface area contributed by atoms with E-state index in [1.54, 1.807) is 27.0 Å². The maximum absolute atomic E-state index is 12.0. The molecule has 0 aliphatic rings. The fourth-order valence-electron chi connectivity index (χ4n) is 1.72. The zero-order chi connectivity index (χ0) is 16.9. The van der Waals surface area contributed by atoms with E-state index in [1.165, 1.54) is 7.11 Å². The van der Waals surface area contributed by atoms with Gasteiger partial charge in [-0.25, -0.2) is 4.79 Å². The van der Waals surface area contributed by atoms with Gasteiger partial charge in [-0.15, -0.1) is 0 Å². The van der Waals surface area contributed by atoms with Crippen LogP contribution in [-0.2, 0) is 20.7 Å². The second-order valence-corrected chi connectivity index (χ2v) is 6.61. The summed E-state index contributed by atoms with van der Waals surface area (Å²) < 4.78 is 10.6. The van der Waals surface area contributed by atoms with Crippen molar-refractivity contribution >= 4 is 33.7 Å². The normalized spacial score (nSPS) is 11.0. The number of pyridine rings is 1. The highest BCUT2D eigenvalue weighted by atomic mass is 79.9. The van der Waals surface area contributed by atoms with Gasteiger partial charge in [0.05, 0.1) is 24.9 Å². The summed E-state index contributed by atoms with van der Waals surface area (Å²) in [6.45, 7) is 7.21. The number of ether oxygens (including phenoxy) is 2. The lowest BCUT2D eigenvalue weighted by atomic mass is 10.1. The number of aromatic nitrogens is 1. The molecule has 0 spiro atoms. The van der Waals surface area contributed by atoms with E-state index >= 15 is 0 Å². The molecule has 1 aromatic rings. The first-order chi connectivity index (χ1) is 10.1. The summed E-state index contributed by atoms with van der Waals surface area (Å²) in [5.74, 6) is -0.328. The predicted octanol–water partition coefficient (Wildman–Crippen LogP) is 3.61. The number of hydrogen-bond donors (Lipinski definition) is 1. The van der Waals surface area contributed by atoms with Gasteiger partial charge in [-0.2, -0.15) is 0 Å². The Morgan fingerprint density at radius 1 is 1.36 bits per heavy atom. The Kier molecular flexibility index (Phi) is 6.34. The minimum atomic E-state index is -0.594. The summed E-state index contributed by atoms with van der Waals surface area (Å²) in [4.78, 5) is 27.5. The molecule has 0 atom stereocenters. The summed E-state index contributed by atoms with van der Waals surface area (Å²) in [5, 5.41) is 2.71. The molecular formula is C15H21BrN2O4. The Bertz CT molecular complexity index is 567. The van der Waals surface area contributed by atoms with E-state index in [1.807, 2.05) is 6.92 Å². The van der Waals surface area contributed by atoms with Crippen LogP contribution < -0.4 is 5.32 Å². The average Bonchev–Trinajstić information content (AvgIpc) is 2.40. The summed E-state index contributed by atoms with van der Waals surface area (Å²) in [6.07, 6.45) is 1.64. The van der Waals surface area contributed by atoms with Gasteiger partial charge < -0.3 is 9.47 Å². The first-order valence-electron chi connectivity index (χ1n) is 6.85. The Hall–Kier alpha value is -1.63. The smallest absolute Gasteiger partial charge is 0.412 e. The third-order valence-electron chi connectivity index (χ3n) is 2.78. The van der Waals surface area contributed by atoms with Crippen LogP contribution in [-0.4, -0.2) is 29.8 Å². The SMILES string of the molecule is COC(=O)CCc1ncc(Br)c(C)c1NC(=O)OC(C)(C)C. The van der Waals surface area contributed by atoms with Crippen LogP contribution >= 0.6 is 15.9 Å². The number of nitrogens with one attached hydrogen (secondary N) is 1. The number of amides is 1. The molecule has 122 valence electrons. The van der Waals surface area contributed by atoms with Gasteiger partial charge in [0.15, 0.2) is 0 Å². The lowest BCUT2D eigenvalue weighted by Crippen LogP contribution is -2.28. The molecule has 0 fully saturated rings. The molecule has 0 radical (unpaired) electrons. The van der Waals surface area contributed by atoms with E-state index in [-0.39, 0.29) is 12.4 Å². The first-order valence-corrected chi connectivity index (χ1v) is 7.64. The van der Waals surface area contributed by atoms with Gasteiger partial charge in [0.1, 0.15) is 5.60 Å². The highest BCUT2D eigenvalue weighted by molar-refractivity contribution is 9.10. The number of carbonyl (C=O) groups is 2. The quantitative estimate of drug-likeness (QED) is 0.816. The highest BCUT2D eigenvalue weighted by Crippen LogP contribution is 2.27. The van der Waals surface area contributed by atoms with E-state index in [0.717, 1.165) is 10.0 Å². The molecule has 0 saturated carbocycles. The minimum absolute atomic E-state index is 0.188. The standard InChI is InChI=1S/C15H21BrN2O4/c1-9-10(16)8-17-11(6-7-12(19)21-5)13(9)18-14(20)22-15(2,3)4/h8H,6-7H2,1-5H3,(H,18,20). The van der Waals surface area contributed by atoms with Crippen molar-refractivity contribution in [2.45, 2.75) is 46.1 Å². The van der Waals surface area contributed by atoms with Crippen LogP contribution in [0.4, 0.5) is 10.5 Å². The second-order valence-electron chi connectivity index (χ2n) is 5.76.